The average molecular weight is 274 g/mol. The molecule has 1 aromatic rings. The van der Waals surface area contributed by atoms with Crippen LogP contribution < -0.4 is 5.32 Å². The Kier molecular flexibility index (Phi) is 6.55. The highest BCUT2D eigenvalue weighted by Crippen LogP contribution is 2.26. The van der Waals surface area contributed by atoms with Crippen molar-refractivity contribution < 1.29 is 0 Å². The minimum absolute atomic E-state index is 0.663. The van der Waals surface area contributed by atoms with Crippen molar-refractivity contribution in [3.63, 3.8) is 0 Å². The monoisotopic (exact) mass is 274 g/mol. The molecule has 1 saturated carbocycles. The zero-order valence-corrected chi connectivity index (χ0v) is 13.1. The van der Waals surface area contributed by atoms with Crippen molar-refractivity contribution >= 4 is 0 Å². The van der Waals surface area contributed by atoms with Gasteiger partial charge in [-0.25, -0.2) is 0 Å². The van der Waals surface area contributed by atoms with Gasteiger partial charge in [0.1, 0.15) is 0 Å². The van der Waals surface area contributed by atoms with Gasteiger partial charge in [-0.15, -0.1) is 0 Å². The van der Waals surface area contributed by atoms with Gasteiger partial charge in [0, 0.05) is 19.1 Å². The summed E-state index contributed by atoms with van der Waals surface area (Å²) in [7, 11) is 4.39. The molecule has 112 valence electrons. The van der Waals surface area contributed by atoms with Gasteiger partial charge in [-0.1, -0.05) is 49.6 Å². The second-order valence-corrected chi connectivity index (χ2v) is 6.29. The third kappa shape index (κ3) is 4.92. The third-order valence-electron chi connectivity index (χ3n) is 4.72. The Hall–Kier alpha value is -0.860. The first-order chi connectivity index (χ1) is 9.79. The van der Waals surface area contributed by atoms with Crippen LogP contribution in [-0.4, -0.2) is 38.1 Å². The van der Waals surface area contributed by atoms with Crippen LogP contribution in [-0.2, 0) is 6.42 Å². The Morgan fingerprint density at radius 2 is 1.85 bits per heavy atom. The van der Waals surface area contributed by atoms with Crippen LogP contribution in [0, 0.1) is 5.92 Å². The van der Waals surface area contributed by atoms with Crippen LogP contribution in [0.25, 0.3) is 0 Å². The quantitative estimate of drug-likeness (QED) is 0.820. The van der Waals surface area contributed by atoms with E-state index in [-0.39, 0.29) is 0 Å². The van der Waals surface area contributed by atoms with Gasteiger partial charge in [0.15, 0.2) is 0 Å². The molecule has 2 heteroatoms. The number of rotatable bonds is 7. The molecule has 2 nitrogen and oxygen atoms in total. The number of hydrogen-bond acceptors (Lipinski definition) is 2. The molecule has 0 spiro atoms. The summed E-state index contributed by atoms with van der Waals surface area (Å²) in [6, 6.07) is 11.5. The van der Waals surface area contributed by atoms with Crippen molar-refractivity contribution in [3.8, 4) is 0 Å². The topological polar surface area (TPSA) is 15.3 Å². The smallest absolute Gasteiger partial charge is 0.0220 e. The SMILES string of the molecule is CNC(CN(C)CCc1ccccc1)C1CCCCC1. The van der Waals surface area contributed by atoms with Crippen molar-refractivity contribution in [2.45, 2.75) is 44.6 Å². The maximum atomic E-state index is 3.56. The van der Waals surface area contributed by atoms with Crippen LogP contribution in [0.2, 0.25) is 0 Å². The average Bonchev–Trinajstić information content (AvgIpc) is 2.52. The largest absolute Gasteiger partial charge is 0.315 e. The third-order valence-corrected chi connectivity index (χ3v) is 4.72. The van der Waals surface area contributed by atoms with Crippen molar-refractivity contribution in [3.05, 3.63) is 35.9 Å². The maximum absolute atomic E-state index is 3.56. The van der Waals surface area contributed by atoms with E-state index in [0.717, 1.165) is 18.9 Å². The number of hydrogen-bond donors (Lipinski definition) is 1. The normalized spacial score (nSPS) is 18.4. The molecule has 1 N–H and O–H groups in total. The molecule has 1 aromatic carbocycles. The Balaban J connectivity index is 1.75. The van der Waals surface area contributed by atoms with Gasteiger partial charge in [0.05, 0.1) is 0 Å². The summed E-state index contributed by atoms with van der Waals surface area (Å²) in [5, 5.41) is 3.56. The molecule has 0 bridgehead atoms. The van der Waals surface area contributed by atoms with Gasteiger partial charge in [-0.05, 0) is 44.8 Å². The van der Waals surface area contributed by atoms with Crippen molar-refractivity contribution in [1.29, 1.82) is 0 Å². The number of nitrogens with zero attached hydrogens (tertiary/aromatic N) is 1. The maximum Gasteiger partial charge on any atom is 0.0220 e. The van der Waals surface area contributed by atoms with Crippen LogP contribution in [0.1, 0.15) is 37.7 Å². The lowest BCUT2D eigenvalue weighted by molar-refractivity contribution is 0.213. The highest BCUT2D eigenvalue weighted by molar-refractivity contribution is 5.14. The summed E-state index contributed by atoms with van der Waals surface area (Å²) in [5.74, 6) is 0.882. The number of likely N-dealkylation sites (N-methyl/N-ethyl adjacent to an activating group) is 2. The molecule has 1 aliphatic rings. The van der Waals surface area contributed by atoms with Crippen LogP contribution in [0.4, 0.5) is 0 Å². The minimum atomic E-state index is 0.663. The molecule has 20 heavy (non-hydrogen) atoms. The first-order valence-corrected chi connectivity index (χ1v) is 8.19. The van der Waals surface area contributed by atoms with Crippen LogP contribution in [0.15, 0.2) is 30.3 Å². The van der Waals surface area contributed by atoms with Crippen molar-refractivity contribution in [2.24, 2.45) is 5.92 Å². The molecule has 1 fully saturated rings. The molecule has 1 aliphatic carbocycles. The van der Waals surface area contributed by atoms with Gasteiger partial charge < -0.3 is 10.2 Å². The van der Waals surface area contributed by atoms with Crippen LogP contribution >= 0.6 is 0 Å². The first-order valence-electron chi connectivity index (χ1n) is 8.19. The zero-order chi connectivity index (χ0) is 14.2. The van der Waals surface area contributed by atoms with Gasteiger partial charge in [0.2, 0.25) is 0 Å². The summed E-state index contributed by atoms with van der Waals surface area (Å²) in [5.41, 5.74) is 1.44. The van der Waals surface area contributed by atoms with Gasteiger partial charge >= 0.3 is 0 Å². The molecule has 2 rings (SSSR count). The van der Waals surface area contributed by atoms with E-state index in [9.17, 15) is 0 Å². The summed E-state index contributed by atoms with van der Waals surface area (Å²) in [6.45, 7) is 2.32. The van der Waals surface area contributed by atoms with E-state index in [0.29, 0.717) is 6.04 Å². The Morgan fingerprint density at radius 3 is 2.50 bits per heavy atom. The lowest BCUT2D eigenvalue weighted by Gasteiger charge is -2.33. The highest BCUT2D eigenvalue weighted by Gasteiger charge is 2.23. The van der Waals surface area contributed by atoms with Crippen molar-refractivity contribution in [2.75, 3.05) is 27.2 Å². The molecule has 1 atom stereocenters. The summed E-state index contributed by atoms with van der Waals surface area (Å²) >= 11 is 0. The second-order valence-electron chi connectivity index (χ2n) is 6.29. The number of nitrogens with one attached hydrogen (secondary N) is 1. The van der Waals surface area contributed by atoms with E-state index in [1.54, 1.807) is 0 Å². The molecular formula is C18H30N2. The Labute approximate surface area is 124 Å². The minimum Gasteiger partial charge on any atom is -0.315 e. The van der Waals surface area contributed by atoms with Gasteiger partial charge in [-0.2, -0.15) is 0 Å². The molecule has 0 saturated heterocycles. The van der Waals surface area contributed by atoms with Crippen molar-refractivity contribution in [1.82, 2.24) is 10.2 Å². The zero-order valence-electron chi connectivity index (χ0n) is 13.1. The fourth-order valence-electron chi connectivity index (χ4n) is 3.40. The molecular weight excluding hydrogens is 244 g/mol. The Bertz CT molecular complexity index is 357. The van der Waals surface area contributed by atoms with Crippen LogP contribution in [0.5, 0.6) is 0 Å². The fourth-order valence-corrected chi connectivity index (χ4v) is 3.40. The Morgan fingerprint density at radius 1 is 1.15 bits per heavy atom. The van der Waals surface area contributed by atoms with E-state index in [2.05, 4.69) is 54.6 Å². The highest BCUT2D eigenvalue weighted by atomic mass is 15.1. The van der Waals surface area contributed by atoms with E-state index in [4.69, 9.17) is 0 Å². The summed E-state index contributed by atoms with van der Waals surface area (Å²) in [4.78, 5) is 2.49. The molecule has 0 radical (unpaired) electrons. The predicted octanol–water partition coefficient (Wildman–Crippen LogP) is 3.33. The predicted molar refractivity (Wildman–Crippen MR) is 87.1 cm³/mol. The lowest BCUT2D eigenvalue weighted by atomic mass is 9.83. The first kappa shape index (κ1) is 15.5. The van der Waals surface area contributed by atoms with Gasteiger partial charge in [-0.3, -0.25) is 0 Å². The second kappa shape index (κ2) is 8.43. The number of benzene rings is 1. The van der Waals surface area contributed by atoms with Crippen LogP contribution in [0.3, 0.4) is 0 Å². The summed E-state index contributed by atoms with van der Waals surface area (Å²) in [6.07, 6.45) is 8.28. The molecule has 0 aliphatic heterocycles. The van der Waals surface area contributed by atoms with E-state index >= 15 is 0 Å². The molecule has 1 unspecified atom stereocenters. The van der Waals surface area contributed by atoms with Gasteiger partial charge in [0.25, 0.3) is 0 Å². The van der Waals surface area contributed by atoms with E-state index in [1.807, 2.05) is 0 Å². The molecule has 0 heterocycles. The van der Waals surface area contributed by atoms with E-state index < -0.39 is 0 Å². The standard InChI is InChI=1S/C18H30N2/c1-19-18(17-11-7-4-8-12-17)15-20(2)14-13-16-9-5-3-6-10-16/h3,5-6,9-10,17-19H,4,7-8,11-15H2,1-2H3. The van der Waals surface area contributed by atoms with E-state index in [1.165, 1.54) is 44.2 Å². The fraction of sp³-hybridized carbons (Fsp3) is 0.667. The molecule has 0 aromatic heterocycles. The summed E-state index contributed by atoms with van der Waals surface area (Å²) < 4.78 is 0. The lowest BCUT2D eigenvalue weighted by Crippen LogP contribution is -2.44. The molecule has 0 amide bonds.